The number of H-pyrrole nitrogens is 1. The van der Waals surface area contributed by atoms with Crippen LogP contribution in [0.2, 0.25) is 5.02 Å². The van der Waals surface area contributed by atoms with E-state index in [0.29, 0.717) is 15.5 Å². The second-order valence-corrected chi connectivity index (χ2v) is 5.21. The molecular formula is C14H10ClFN2S. The number of hydrogen-bond donors (Lipinski definition) is 1. The van der Waals surface area contributed by atoms with Gasteiger partial charge in [-0.25, -0.2) is 4.39 Å². The molecule has 2 aromatic carbocycles. The van der Waals surface area contributed by atoms with Crippen LogP contribution >= 0.6 is 23.8 Å². The van der Waals surface area contributed by atoms with E-state index in [-0.39, 0.29) is 5.82 Å². The van der Waals surface area contributed by atoms with Gasteiger partial charge in [-0.15, -0.1) is 0 Å². The smallest absolute Gasteiger partial charge is 0.182 e. The molecule has 0 aliphatic carbocycles. The number of imidazole rings is 1. The van der Waals surface area contributed by atoms with Crippen molar-refractivity contribution >= 4 is 34.9 Å². The van der Waals surface area contributed by atoms with Crippen molar-refractivity contribution in [2.45, 2.75) is 6.92 Å². The molecule has 3 aromatic rings. The molecule has 5 heteroatoms. The monoisotopic (exact) mass is 292 g/mol. The van der Waals surface area contributed by atoms with Gasteiger partial charge in [0, 0.05) is 5.02 Å². The highest BCUT2D eigenvalue weighted by molar-refractivity contribution is 7.71. The fraction of sp³-hybridized carbons (Fsp3) is 0.0714. The molecule has 19 heavy (non-hydrogen) atoms. The normalized spacial score (nSPS) is 11.1. The zero-order valence-electron chi connectivity index (χ0n) is 10.1. The lowest BCUT2D eigenvalue weighted by Gasteiger charge is -2.07. The number of aromatic amines is 1. The quantitative estimate of drug-likeness (QED) is 0.640. The van der Waals surface area contributed by atoms with Gasteiger partial charge in [0.15, 0.2) is 4.77 Å². The molecule has 0 saturated heterocycles. The van der Waals surface area contributed by atoms with Crippen molar-refractivity contribution in [2.75, 3.05) is 0 Å². The first-order valence-electron chi connectivity index (χ1n) is 5.73. The van der Waals surface area contributed by atoms with E-state index >= 15 is 0 Å². The van der Waals surface area contributed by atoms with Crippen LogP contribution in [-0.2, 0) is 0 Å². The third kappa shape index (κ3) is 2.07. The van der Waals surface area contributed by atoms with Gasteiger partial charge < -0.3 is 4.98 Å². The minimum absolute atomic E-state index is 0.356. The molecule has 1 N–H and O–H groups in total. The number of halogens is 2. The number of nitrogens with zero attached hydrogens (tertiary/aromatic N) is 1. The van der Waals surface area contributed by atoms with Gasteiger partial charge in [0.05, 0.1) is 16.7 Å². The predicted octanol–water partition coefficient (Wildman–Crippen LogP) is 4.79. The first-order valence-corrected chi connectivity index (χ1v) is 6.52. The number of hydrogen-bond acceptors (Lipinski definition) is 1. The number of rotatable bonds is 1. The van der Waals surface area contributed by atoms with Crippen molar-refractivity contribution in [1.29, 1.82) is 0 Å². The lowest BCUT2D eigenvalue weighted by atomic mass is 10.2. The molecule has 0 radical (unpaired) electrons. The molecule has 1 heterocycles. The van der Waals surface area contributed by atoms with E-state index in [1.165, 1.54) is 12.1 Å². The molecule has 96 valence electrons. The summed E-state index contributed by atoms with van der Waals surface area (Å²) in [4.78, 5) is 3.07. The van der Waals surface area contributed by atoms with Crippen LogP contribution in [0.5, 0.6) is 0 Å². The van der Waals surface area contributed by atoms with Gasteiger partial charge in [-0.05, 0) is 55.0 Å². The molecule has 0 aliphatic heterocycles. The van der Waals surface area contributed by atoms with Crippen molar-refractivity contribution < 1.29 is 4.39 Å². The maximum absolute atomic E-state index is 14.0. The van der Waals surface area contributed by atoms with Crippen molar-refractivity contribution in [1.82, 2.24) is 9.55 Å². The fourth-order valence-electron chi connectivity index (χ4n) is 2.11. The fourth-order valence-corrected chi connectivity index (χ4v) is 2.58. The molecule has 2 nitrogen and oxygen atoms in total. The van der Waals surface area contributed by atoms with Crippen LogP contribution in [0.1, 0.15) is 5.56 Å². The van der Waals surface area contributed by atoms with Gasteiger partial charge in [-0.2, -0.15) is 0 Å². The minimum Gasteiger partial charge on any atom is -0.330 e. The van der Waals surface area contributed by atoms with E-state index in [1.807, 2.05) is 25.1 Å². The summed E-state index contributed by atoms with van der Waals surface area (Å²) >= 11 is 11.2. The van der Waals surface area contributed by atoms with E-state index < -0.39 is 0 Å². The first-order chi connectivity index (χ1) is 9.06. The summed E-state index contributed by atoms with van der Waals surface area (Å²) in [6.45, 7) is 1.98. The average Bonchev–Trinajstić information content (AvgIpc) is 2.68. The highest BCUT2D eigenvalue weighted by Crippen LogP contribution is 2.24. The molecule has 0 bridgehead atoms. The Morgan fingerprint density at radius 2 is 2.00 bits per heavy atom. The van der Waals surface area contributed by atoms with Gasteiger partial charge in [-0.3, -0.25) is 4.57 Å². The first kappa shape index (κ1) is 12.4. The standard InChI is InChI=1S/C14H10ClFN2S/c1-8-2-5-11-13(6-8)18(14(19)17-11)12-7-9(15)3-4-10(12)16/h2-7H,1H3,(H,17,19). The minimum atomic E-state index is -0.358. The molecule has 0 aliphatic rings. The summed E-state index contributed by atoms with van der Waals surface area (Å²) in [5, 5.41) is 0.473. The van der Waals surface area contributed by atoms with Gasteiger partial charge in [0.1, 0.15) is 5.82 Å². The molecular weight excluding hydrogens is 283 g/mol. The second kappa shape index (κ2) is 4.47. The van der Waals surface area contributed by atoms with Crippen molar-refractivity contribution in [3.8, 4) is 5.69 Å². The van der Waals surface area contributed by atoms with Crippen LogP contribution in [0.3, 0.4) is 0 Å². The largest absolute Gasteiger partial charge is 0.330 e. The van der Waals surface area contributed by atoms with Gasteiger partial charge in [0.2, 0.25) is 0 Å². The molecule has 0 unspecified atom stereocenters. The van der Waals surface area contributed by atoms with E-state index in [4.69, 9.17) is 23.8 Å². The Labute approximate surface area is 119 Å². The molecule has 0 saturated carbocycles. The van der Waals surface area contributed by atoms with Crippen LogP contribution in [-0.4, -0.2) is 9.55 Å². The van der Waals surface area contributed by atoms with Crippen LogP contribution in [0.4, 0.5) is 4.39 Å². The van der Waals surface area contributed by atoms with Crippen LogP contribution in [0.15, 0.2) is 36.4 Å². The summed E-state index contributed by atoms with van der Waals surface area (Å²) in [5.41, 5.74) is 3.15. The molecule has 3 rings (SSSR count). The third-order valence-electron chi connectivity index (χ3n) is 2.99. The SMILES string of the molecule is Cc1ccc2[nH]c(=S)n(-c3cc(Cl)ccc3F)c2c1. The Balaban J connectivity index is 2.42. The van der Waals surface area contributed by atoms with E-state index in [2.05, 4.69) is 4.98 Å². The van der Waals surface area contributed by atoms with Crippen molar-refractivity contribution in [3.05, 3.63) is 57.6 Å². The molecule has 0 spiro atoms. The van der Waals surface area contributed by atoms with E-state index in [0.717, 1.165) is 16.6 Å². The van der Waals surface area contributed by atoms with Crippen LogP contribution < -0.4 is 0 Å². The van der Waals surface area contributed by atoms with Gasteiger partial charge >= 0.3 is 0 Å². The summed E-state index contributed by atoms with van der Waals surface area (Å²) in [7, 11) is 0. The Bertz CT molecular complexity index is 835. The second-order valence-electron chi connectivity index (χ2n) is 4.38. The maximum Gasteiger partial charge on any atom is 0.182 e. The number of aryl methyl sites for hydroxylation is 1. The lowest BCUT2D eigenvalue weighted by molar-refractivity contribution is 0.619. The Kier molecular flexibility index (Phi) is 2.92. The van der Waals surface area contributed by atoms with E-state index in [9.17, 15) is 4.39 Å². The number of aromatic nitrogens is 2. The Morgan fingerprint density at radius 3 is 2.79 bits per heavy atom. The predicted molar refractivity (Wildman–Crippen MR) is 78.2 cm³/mol. The zero-order valence-corrected chi connectivity index (χ0v) is 11.6. The third-order valence-corrected chi connectivity index (χ3v) is 3.51. The van der Waals surface area contributed by atoms with Gasteiger partial charge in [-0.1, -0.05) is 17.7 Å². The van der Waals surface area contributed by atoms with Crippen LogP contribution in [0.25, 0.3) is 16.7 Å². The highest BCUT2D eigenvalue weighted by atomic mass is 35.5. The topological polar surface area (TPSA) is 20.7 Å². The molecule has 0 atom stereocenters. The van der Waals surface area contributed by atoms with Crippen molar-refractivity contribution in [3.63, 3.8) is 0 Å². The Hall–Kier alpha value is -1.65. The number of nitrogens with one attached hydrogen (secondary N) is 1. The molecule has 0 amide bonds. The summed E-state index contributed by atoms with van der Waals surface area (Å²) in [6.07, 6.45) is 0. The number of benzene rings is 2. The Morgan fingerprint density at radius 1 is 1.21 bits per heavy atom. The zero-order chi connectivity index (χ0) is 13.6. The molecule has 0 fully saturated rings. The van der Waals surface area contributed by atoms with E-state index in [1.54, 1.807) is 10.6 Å². The highest BCUT2D eigenvalue weighted by Gasteiger charge is 2.11. The lowest BCUT2D eigenvalue weighted by Crippen LogP contribution is -1.97. The average molecular weight is 293 g/mol. The summed E-state index contributed by atoms with van der Waals surface area (Å²) < 4.78 is 16.1. The maximum atomic E-state index is 14.0. The number of fused-ring (bicyclic) bond motifs is 1. The summed E-state index contributed by atoms with van der Waals surface area (Å²) in [6, 6.07) is 10.3. The van der Waals surface area contributed by atoms with Gasteiger partial charge in [0.25, 0.3) is 0 Å². The van der Waals surface area contributed by atoms with Crippen LogP contribution in [0, 0.1) is 17.5 Å². The summed E-state index contributed by atoms with van der Waals surface area (Å²) in [5.74, 6) is -0.358. The van der Waals surface area contributed by atoms with Crippen molar-refractivity contribution in [2.24, 2.45) is 0 Å². The molecule has 1 aromatic heterocycles.